The minimum absolute atomic E-state index is 0.0283. The number of aliphatic carboxylic acids is 1. The molecule has 1 N–H and O–H groups in total. The van der Waals surface area contributed by atoms with Gasteiger partial charge in [0.05, 0.1) is 11.0 Å². The Kier molecular flexibility index (Phi) is 7.85. The summed E-state index contributed by atoms with van der Waals surface area (Å²) >= 11 is 0. The Morgan fingerprint density at radius 1 is 0.951 bits per heavy atom. The quantitative estimate of drug-likeness (QED) is 0.402. The number of carboxylic acids is 1. The Bertz CT molecular complexity index is 1380. The average molecular weight is 564 g/mol. The molecule has 1 aromatic heterocycles. The molecule has 2 saturated heterocycles. The highest BCUT2D eigenvalue weighted by molar-refractivity contribution is 6.44. The third-order valence-corrected chi connectivity index (χ3v) is 9.87. The standard InChI is InChI=1S/C31H41N5O5/c1-34(2)30(39)29(33-41-18-27(37)38)28-31(40)36(26-12-4-3-11-25(26)32-28)24-16-21-9-6-10-22(17-24)35(21)23-14-19-7-5-8-20(13-19)15-23/h3-4,11-12,19-24H,5-10,13-18H2,1-2H3,(H,37,38)/b33-29-/t19?,20?,21-,22+,23?,24?. The molecule has 2 aromatic rings. The Labute approximate surface area is 240 Å². The number of rotatable bonds is 7. The number of amides is 1. The maximum absolute atomic E-state index is 14.2. The first-order chi connectivity index (χ1) is 19.8. The van der Waals surface area contributed by atoms with Crippen molar-refractivity contribution in [2.75, 3.05) is 20.7 Å². The van der Waals surface area contributed by atoms with E-state index in [0.717, 1.165) is 43.0 Å². The number of carbonyl (C=O) groups excluding carboxylic acids is 1. The molecule has 10 heteroatoms. The van der Waals surface area contributed by atoms with E-state index in [-0.39, 0.29) is 23.0 Å². The SMILES string of the molecule is CN(C)C(=O)/C(=N\OCC(=O)O)c1nc2ccccc2n(C2C[C@H]3CCC[C@@H](C2)N3C2CC3CCCC(C3)C2)c1=O. The number of nitrogens with zero attached hydrogens (tertiary/aromatic N) is 5. The summed E-state index contributed by atoms with van der Waals surface area (Å²) in [7, 11) is 3.09. The first kappa shape index (κ1) is 27.9. The van der Waals surface area contributed by atoms with E-state index in [0.29, 0.717) is 23.6 Å². The second kappa shape index (κ2) is 11.5. The number of para-hydroxylation sites is 2. The highest BCUT2D eigenvalue weighted by Gasteiger charge is 2.45. The molecule has 4 fully saturated rings. The van der Waals surface area contributed by atoms with E-state index in [2.05, 4.69) is 15.0 Å². The highest BCUT2D eigenvalue weighted by Crippen LogP contribution is 2.47. The first-order valence-corrected chi connectivity index (χ1v) is 15.2. The van der Waals surface area contributed by atoms with Crippen LogP contribution in [0.2, 0.25) is 0 Å². The largest absolute Gasteiger partial charge is 0.479 e. The fraction of sp³-hybridized carbons (Fsp3) is 0.645. The summed E-state index contributed by atoms with van der Waals surface area (Å²) in [6.07, 6.45) is 13.5. The first-order valence-electron chi connectivity index (χ1n) is 15.2. The van der Waals surface area contributed by atoms with Gasteiger partial charge < -0.3 is 19.4 Å². The third-order valence-electron chi connectivity index (χ3n) is 9.87. The van der Waals surface area contributed by atoms with Gasteiger partial charge in [0.15, 0.2) is 11.4 Å². The van der Waals surface area contributed by atoms with Crippen molar-refractivity contribution in [1.29, 1.82) is 0 Å². The molecule has 3 unspecified atom stereocenters. The van der Waals surface area contributed by atoms with Crippen molar-refractivity contribution in [2.24, 2.45) is 17.0 Å². The molecule has 0 radical (unpaired) electrons. The normalized spacial score (nSPS) is 30.1. The summed E-state index contributed by atoms with van der Waals surface area (Å²) in [4.78, 5) is 52.1. The van der Waals surface area contributed by atoms with E-state index in [1.54, 1.807) is 14.1 Å². The monoisotopic (exact) mass is 563 g/mol. The number of carbonyl (C=O) groups is 2. The van der Waals surface area contributed by atoms with E-state index in [1.807, 2.05) is 28.8 Å². The number of benzene rings is 1. The van der Waals surface area contributed by atoms with Crippen LogP contribution in [-0.4, -0.2) is 80.9 Å². The van der Waals surface area contributed by atoms with Crippen molar-refractivity contribution >= 4 is 28.6 Å². The van der Waals surface area contributed by atoms with Gasteiger partial charge in [0.25, 0.3) is 11.5 Å². The van der Waals surface area contributed by atoms with Gasteiger partial charge >= 0.3 is 5.97 Å². The Hall–Kier alpha value is -3.27. The van der Waals surface area contributed by atoms with Crippen LogP contribution in [0, 0.1) is 11.8 Å². The maximum atomic E-state index is 14.2. The molecular formula is C31H41N5O5. The zero-order valence-electron chi connectivity index (χ0n) is 24.1. The molecule has 220 valence electrons. The van der Waals surface area contributed by atoms with Crippen molar-refractivity contribution in [3.05, 3.63) is 40.3 Å². The lowest BCUT2D eigenvalue weighted by atomic mass is 9.68. The van der Waals surface area contributed by atoms with Crippen LogP contribution in [0.5, 0.6) is 0 Å². The van der Waals surface area contributed by atoms with Crippen LogP contribution in [0.3, 0.4) is 0 Å². The number of hydrogen-bond acceptors (Lipinski definition) is 7. The molecule has 41 heavy (non-hydrogen) atoms. The van der Waals surface area contributed by atoms with E-state index in [9.17, 15) is 14.4 Å². The molecule has 1 aromatic carbocycles. The van der Waals surface area contributed by atoms with Crippen molar-refractivity contribution in [3.8, 4) is 0 Å². The lowest BCUT2D eigenvalue weighted by Crippen LogP contribution is -2.58. The molecule has 4 bridgehead atoms. The molecule has 6 rings (SSSR count). The Morgan fingerprint density at radius 3 is 2.27 bits per heavy atom. The number of aromatic nitrogens is 2. The van der Waals surface area contributed by atoms with Gasteiger partial charge in [0.2, 0.25) is 6.61 Å². The van der Waals surface area contributed by atoms with Crippen molar-refractivity contribution in [2.45, 2.75) is 94.8 Å². The van der Waals surface area contributed by atoms with Crippen molar-refractivity contribution in [1.82, 2.24) is 19.4 Å². The van der Waals surface area contributed by atoms with Crippen LogP contribution >= 0.6 is 0 Å². The molecule has 10 nitrogen and oxygen atoms in total. The molecule has 0 spiro atoms. The highest BCUT2D eigenvalue weighted by atomic mass is 16.6. The van der Waals surface area contributed by atoms with Gasteiger partial charge in [-0.25, -0.2) is 9.78 Å². The van der Waals surface area contributed by atoms with Crippen LogP contribution < -0.4 is 5.56 Å². The molecule has 4 aliphatic rings. The molecule has 5 atom stereocenters. The number of oxime groups is 1. The zero-order valence-corrected chi connectivity index (χ0v) is 24.1. The number of fused-ring (bicyclic) bond motifs is 5. The summed E-state index contributed by atoms with van der Waals surface area (Å²) in [5, 5.41) is 12.8. The van der Waals surface area contributed by atoms with E-state index >= 15 is 0 Å². The summed E-state index contributed by atoms with van der Waals surface area (Å²) < 4.78 is 1.84. The summed E-state index contributed by atoms with van der Waals surface area (Å²) in [6, 6.07) is 9.02. The van der Waals surface area contributed by atoms with Gasteiger partial charge in [-0.15, -0.1) is 0 Å². The van der Waals surface area contributed by atoms with Crippen molar-refractivity contribution < 1.29 is 19.5 Å². The predicted octanol–water partition coefficient (Wildman–Crippen LogP) is 3.82. The van der Waals surface area contributed by atoms with Gasteiger partial charge in [-0.05, 0) is 68.9 Å². The van der Waals surface area contributed by atoms with E-state index in [1.165, 1.54) is 49.8 Å². The van der Waals surface area contributed by atoms with Crippen LogP contribution in [0.25, 0.3) is 11.0 Å². The minimum Gasteiger partial charge on any atom is -0.479 e. The average Bonchev–Trinajstić information content (AvgIpc) is 2.94. The molecule has 3 heterocycles. The summed E-state index contributed by atoms with van der Waals surface area (Å²) in [5.74, 6) is -0.0587. The van der Waals surface area contributed by atoms with Crippen LogP contribution in [-0.2, 0) is 14.4 Å². The fourth-order valence-corrected chi connectivity index (χ4v) is 8.35. The van der Waals surface area contributed by atoms with Crippen LogP contribution in [0.4, 0.5) is 0 Å². The van der Waals surface area contributed by atoms with Gasteiger partial charge in [-0.2, -0.15) is 0 Å². The fourth-order valence-electron chi connectivity index (χ4n) is 8.35. The summed E-state index contributed by atoms with van der Waals surface area (Å²) in [5.41, 5.74) is 0.549. The lowest BCUT2D eigenvalue weighted by Gasteiger charge is -2.55. The zero-order chi connectivity index (χ0) is 28.7. The molecule has 2 aliphatic carbocycles. The maximum Gasteiger partial charge on any atom is 0.344 e. The Morgan fingerprint density at radius 2 is 1.61 bits per heavy atom. The van der Waals surface area contributed by atoms with Gasteiger partial charge in [0, 0.05) is 38.3 Å². The molecule has 2 saturated carbocycles. The van der Waals surface area contributed by atoms with Crippen LogP contribution in [0.15, 0.2) is 34.2 Å². The van der Waals surface area contributed by atoms with Crippen molar-refractivity contribution in [3.63, 3.8) is 0 Å². The molecule has 2 aliphatic heterocycles. The summed E-state index contributed by atoms with van der Waals surface area (Å²) in [6.45, 7) is -0.726. The van der Waals surface area contributed by atoms with Gasteiger partial charge in [0.1, 0.15) is 0 Å². The number of piperidine rings is 2. The number of carboxylic acid groups (broad SMARTS) is 1. The van der Waals surface area contributed by atoms with Crippen LogP contribution in [0.1, 0.15) is 82.4 Å². The molecule has 1 amide bonds. The minimum atomic E-state index is -1.23. The van der Waals surface area contributed by atoms with E-state index < -0.39 is 18.5 Å². The smallest absolute Gasteiger partial charge is 0.344 e. The second-order valence-corrected chi connectivity index (χ2v) is 12.8. The van der Waals surface area contributed by atoms with Gasteiger partial charge in [-0.3, -0.25) is 14.5 Å². The van der Waals surface area contributed by atoms with E-state index in [4.69, 9.17) is 9.94 Å². The third kappa shape index (κ3) is 5.50. The predicted molar refractivity (Wildman–Crippen MR) is 155 cm³/mol. The van der Waals surface area contributed by atoms with Gasteiger partial charge in [-0.1, -0.05) is 43.0 Å². The second-order valence-electron chi connectivity index (χ2n) is 12.8. The Balaban J connectivity index is 1.37. The molecular weight excluding hydrogens is 522 g/mol. The topological polar surface area (TPSA) is 117 Å². The number of hydrogen-bond donors (Lipinski definition) is 1. The number of likely N-dealkylation sites (N-methyl/N-ethyl adjacent to an activating group) is 1. The lowest BCUT2D eigenvalue weighted by molar-refractivity contribution is -0.142.